The Bertz CT molecular complexity index is 493. The maximum absolute atomic E-state index is 10.8. The second-order valence-electron chi connectivity index (χ2n) is 3.41. The number of thiophene rings is 1. The van der Waals surface area contributed by atoms with E-state index in [1.165, 1.54) is 16.2 Å². The van der Waals surface area contributed by atoms with Crippen molar-refractivity contribution >= 4 is 33.8 Å². The molecule has 1 N–H and O–H groups in total. The molecule has 0 bridgehead atoms. The fourth-order valence-corrected chi connectivity index (χ4v) is 3.00. The van der Waals surface area contributed by atoms with E-state index in [0.29, 0.717) is 0 Å². The summed E-state index contributed by atoms with van der Waals surface area (Å²) in [7, 11) is 0. The standard InChI is InChI=1S/C11H12N2O2S2/c1-2-13(6-8-4-3-5-16-8)11-12-9(7-17-11)10(14)15/h3-5,7H,2,6H2,1H3,(H,14,15). The topological polar surface area (TPSA) is 53.4 Å². The SMILES string of the molecule is CCN(Cc1cccs1)c1nc(C(=O)O)cs1. The third-order valence-corrected chi connectivity index (χ3v) is 4.05. The number of thiazole rings is 1. The first-order valence-corrected chi connectivity index (χ1v) is 6.92. The van der Waals surface area contributed by atoms with Gasteiger partial charge in [0.15, 0.2) is 10.8 Å². The second kappa shape index (κ2) is 5.29. The van der Waals surface area contributed by atoms with Gasteiger partial charge in [0, 0.05) is 16.8 Å². The van der Waals surface area contributed by atoms with Crippen LogP contribution in [-0.2, 0) is 6.54 Å². The van der Waals surface area contributed by atoms with Gasteiger partial charge in [0.1, 0.15) is 0 Å². The summed E-state index contributed by atoms with van der Waals surface area (Å²) in [6, 6.07) is 4.08. The number of hydrogen-bond donors (Lipinski definition) is 1. The number of carboxylic acid groups (broad SMARTS) is 1. The number of hydrogen-bond acceptors (Lipinski definition) is 5. The van der Waals surface area contributed by atoms with Gasteiger partial charge in [-0.15, -0.1) is 22.7 Å². The molecule has 4 nitrogen and oxygen atoms in total. The molecule has 2 aromatic heterocycles. The summed E-state index contributed by atoms with van der Waals surface area (Å²) in [6.07, 6.45) is 0. The first kappa shape index (κ1) is 12.1. The number of carboxylic acids is 1. The smallest absolute Gasteiger partial charge is 0.355 e. The van der Waals surface area contributed by atoms with E-state index in [0.717, 1.165) is 18.2 Å². The fourth-order valence-electron chi connectivity index (χ4n) is 1.41. The number of aromatic carboxylic acids is 1. The Morgan fingerprint density at radius 3 is 2.88 bits per heavy atom. The van der Waals surface area contributed by atoms with Crippen molar-refractivity contribution in [3.8, 4) is 0 Å². The maximum atomic E-state index is 10.8. The highest BCUT2D eigenvalue weighted by molar-refractivity contribution is 7.14. The second-order valence-corrected chi connectivity index (χ2v) is 5.28. The van der Waals surface area contributed by atoms with E-state index >= 15 is 0 Å². The minimum Gasteiger partial charge on any atom is -0.476 e. The van der Waals surface area contributed by atoms with E-state index in [9.17, 15) is 4.79 Å². The van der Waals surface area contributed by atoms with Gasteiger partial charge in [-0.25, -0.2) is 9.78 Å². The molecule has 2 aromatic rings. The Balaban J connectivity index is 2.14. The molecule has 2 rings (SSSR count). The average molecular weight is 268 g/mol. The lowest BCUT2D eigenvalue weighted by atomic mass is 10.4. The van der Waals surface area contributed by atoms with Crippen molar-refractivity contribution in [2.45, 2.75) is 13.5 Å². The Kier molecular flexibility index (Phi) is 3.75. The molecule has 90 valence electrons. The van der Waals surface area contributed by atoms with E-state index in [-0.39, 0.29) is 5.69 Å². The molecule has 0 saturated carbocycles. The minimum atomic E-state index is -0.973. The molecule has 0 aliphatic rings. The van der Waals surface area contributed by atoms with Crippen LogP contribution in [0.15, 0.2) is 22.9 Å². The number of rotatable bonds is 5. The zero-order valence-electron chi connectivity index (χ0n) is 9.29. The first-order valence-electron chi connectivity index (χ1n) is 5.17. The van der Waals surface area contributed by atoms with Crippen molar-refractivity contribution in [1.82, 2.24) is 4.98 Å². The molecular formula is C11H12N2O2S2. The molecule has 0 atom stereocenters. The molecule has 0 amide bonds. The lowest BCUT2D eigenvalue weighted by molar-refractivity contribution is 0.0691. The summed E-state index contributed by atoms with van der Waals surface area (Å²) >= 11 is 3.06. The molecule has 0 radical (unpaired) electrons. The number of nitrogens with zero attached hydrogens (tertiary/aromatic N) is 2. The Morgan fingerprint density at radius 1 is 1.53 bits per heavy atom. The van der Waals surface area contributed by atoms with E-state index in [1.54, 1.807) is 16.7 Å². The van der Waals surface area contributed by atoms with Gasteiger partial charge in [-0.3, -0.25) is 0 Å². The third-order valence-electron chi connectivity index (χ3n) is 2.29. The fraction of sp³-hybridized carbons (Fsp3) is 0.273. The van der Waals surface area contributed by atoms with Crippen molar-refractivity contribution in [2.24, 2.45) is 0 Å². The largest absolute Gasteiger partial charge is 0.476 e. The summed E-state index contributed by atoms with van der Waals surface area (Å²) in [5.41, 5.74) is 0.120. The van der Waals surface area contributed by atoms with Gasteiger partial charge in [-0.1, -0.05) is 6.07 Å². The summed E-state index contributed by atoms with van der Waals surface area (Å²) in [6.45, 7) is 3.63. The quantitative estimate of drug-likeness (QED) is 0.906. The highest BCUT2D eigenvalue weighted by Gasteiger charge is 2.13. The first-order chi connectivity index (χ1) is 8.20. The van der Waals surface area contributed by atoms with Crippen LogP contribution in [0, 0.1) is 0 Å². The predicted molar refractivity (Wildman–Crippen MR) is 70.1 cm³/mol. The van der Waals surface area contributed by atoms with Gasteiger partial charge in [-0.2, -0.15) is 0 Å². The Labute approximate surface area is 107 Å². The van der Waals surface area contributed by atoms with Gasteiger partial charge in [0.05, 0.1) is 6.54 Å². The van der Waals surface area contributed by atoms with Gasteiger partial charge in [0.25, 0.3) is 0 Å². The summed E-state index contributed by atoms with van der Waals surface area (Å²) in [5.74, 6) is -0.973. The molecule has 6 heteroatoms. The van der Waals surface area contributed by atoms with Crippen LogP contribution in [0.3, 0.4) is 0 Å². The summed E-state index contributed by atoms with van der Waals surface area (Å²) in [4.78, 5) is 18.2. The van der Waals surface area contributed by atoms with Gasteiger partial charge < -0.3 is 10.0 Å². The van der Waals surface area contributed by atoms with Crippen molar-refractivity contribution < 1.29 is 9.90 Å². The summed E-state index contributed by atoms with van der Waals surface area (Å²) < 4.78 is 0. The lowest BCUT2D eigenvalue weighted by Crippen LogP contribution is -2.21. The van der Waals surface area contributed by atoms with E-state index in [1.807, 2.05) is 18.4 Å². The Hall–Kier alpha value is -1.40. The van der Waals surface area contributed by atoms with E-state index < -0.39 is 5.97 Å². The zero-order chi connectivity index (χ0) is 12.3. The molecule has 0 aliphatic carbocycles. The molecular weight excluding hydrogens is 256 g/mol. The molecule has 0 aliphatic heterocycles. The molecule has 0 fully saturated rings. The number of carbonyl (C=O) groups is 1. The zero-order valence-corrected chi connectivity index (χ0v) is 10.9. The third kappa shape index (κ3) is 2.83. The summed E-state index contributed by atoms with van der Waals surface area (Å²) in [5, 5.41) is 13.2. The van der Waals surface area contributed by atoms with Crippen molar-refractivity contribution in [3.05, 3.63) is 33.5 Å². The van der Waals surface area contributed by atoms with Crippen LogP contribution in [0.2, 0.25) is 0 Å². The molecule has 0 saturated heterocycles. The lowest BCUT2D eigenvalue weighted by Gasteiger charge is -2.18. The van der Waals surface area contributed by atoms with Crippen LogP contribution in [0.1, 0.15) is 22.3 Å². The van der Waals surface area contributed by atoms with Crippen LogP contribution in [0.5, 0.6) is 0 Å². The van der Waals surface area contributed by atoms with Crippen LogP contribution >= 0.6 is 22.7 Å². The molecule has 0 unspecified atom stereocenters. The Morgan fingerprint density at radius 2 is 2.35 bits per heavy atom. The normalized spacial score (nSPS) is 10.4. The average Bonchev–Trinajstić information content (AvgIpc) is 2.96. The minimum absolute atomic E-state index is 0.120. The van der Waals surface area contributed by atoms with Crippen molar-refractivity contribution in [1.29, 1.82) is 0 Å². The van der Waals surface area contributed by atoms with Crippen LogP contribution in [-0.4, -0.2) is 22.6 Å². The monoisotopic (exact) mass is 268 g/mol. The van der Waals surface area contributed by atoms with Gasteiger partial charge in [-0.05, 0) is 18.4 Å². The van der Waals surface area contributed by atoms with Crippen LogP contribution in [0.25, 0.3) is 0 Å². The number of anilines is 1. The number of aromatic nitrogens is 1. The van der Waals surface area contributed by atoms with Crippen molar-refractivity contribution in [3.63, 3.8) is 0 Å². The van der Waals surface area contributed by atoms with E-state index in [2.05, 4.69) is 16.0 Å². The molecule has 2 heterocycles. The van der Waals surface area contributed by atoms with Crippen LogP contribution in [0.4, 0.5) is 5.13 Å². The predicted octanol–water partition coefficient (Wildman–Crippen LogP) is 2.93. The van der Waals surface area contributed by atoms with Crippen molar-refractivity contribution in [2.75, 3.05) is 11.4 Å². The van der Waals surface area contributed by atoms with E-state index in [4.69, 9.17) is 5.11 Å². The molecule has 0 aromatic carbocycles. The van der Waals surface area contributed by atoms with Gasteiger partial charge >= 0.3 is 5.97 Å². The highest BCUT2D eigenvalue weighted by Crippen LogP contribution is 2.23. The maximum Gasteiger partial charge on any atom is 0.355 e. The van der Waals surface area contributed by atoms with Gasteiger partial charge in [0.2, 0.25) is 0 Å². The molecule has 17 heavy (non-hydrogen) atoms. The highest BCUT2D eigenvalue weighted by atomic mass is 32.1. The van der Waals surface area contributed by atoms with Crippen LogP contribution < -0.4 is 4.90 Å². The molecule has 0 spiro atoms.